The summed E-state index contributed by atoms with van der Waals surface area (Å²) >= 11 is 0. The van der Waals surface area contributed by atoms with Crippen LogP contribution in [0, 0.1) is 6.92 Å². The Kier molecular flexibility index (Phi) is 6.79. The topological polar surface area (TPSA) is 170 Å². The minimum atomic E-state index is -4.64. The van der Waals surface area contributed by atoms with Crippen molar-refractivity contribution in [2.45, 2.75) is 26.1 Å². The average molecular weight is 348 g/mol. The molecule has 1 aromatic rings. The van der Waals surface area contributed by atoms with E-state index in [9.17, 15) is 14.5 Å². The molecule has 0 aliphatic heterocycles. The first-order chi connectivity index (χ1) is 10.6. The summed E-state index contributed by atoms with van der Waals surface area (Å²) in [6.07, 6.45) is -0.364. The molecule has 1 aromatic heterocycles. The van der Waals surface area contributed by atoms with Crippen LogP contribution >= 0.6 is 7.82 Å². The van der Waals surface area contributed by atoms with Crippen molar-refractivity contribution in [1.82, 2.24) is 4.98 Å². The number of aliphatic hydroxyl groups is 1. The molecule has 11 heteroatoms. The number of phosphoric acid groups is 1. The summed E-state index contributed by atoms with van der Waals surface area (Å²) in [7, 11) is -4.64. The molecule has 1 heterocycles. The number of hydrogen-bond donors (Lipinski definition) is 5. The van der Waals surface area contributed by atoms with Gasteiger partial charge in [-0.3, -0.25) is 14.5 Å². The molecular formula is C12H17N2O8P. The van der Waals surface area contributed by atoms with E-state index in [0.29, 0.717) is 0 Å². The number of aliphatic hydroxyl groups excluding tert-OH is 1. The normalized spacial score (nSPS) is 13.4. The number of aliphatic imine (C=N–C) groups is 1. The molecule has 0 aliphatic rings. The zero-order valence-corrected chi connectivity index (χ0v) is 13.1. The Morgan fingerprint density at radius 1 is 1.52 bits per heavy atom. The number of aromatic hydroxyl groups is 1. The Balaban J connectivity index is 2.79. The highest BCUT2D eigenvalue weighted by atomic mass is 31.2. The van der Waals surface area contributed by atoms with E-state index in [4.69, 9.17) is 20.0 Å². The first kappa shape index (κ1) is 19.2. The largest absolute Gasteiger partial charge is 0.505 e. The Hall–Kier alpha value is -1.84. The lowest BCUT2D eigenvalue weighted by Crippen LogP contribution is -2.20. The molecule has 1 rings (SSSR count). The number of nitrogens with zero attached hydrogens (tertiary/aromatic N) is 2. The maximum absolute atomic E-state index is 10.7. The predicted octanol–water partition coefficient (Wildman–Crippen LogP) is -0.0406. The van der Waals surface area contributed by atoms with Gasteiger partial charge in [0.05, 0.1) is 11.4 Å². The van der Waals surface area contributed by atoms with Gasteiger partial charge in [-0.2, -0.15) is 0 Å². The van der Waals surface area contributed by atoms with Crippen molar-refractivity contribution in [2.24, 2.45) is 4.99 Å². The van der Waals surface area contributed by atoms with E-state index in [-0.39, 0.29) is 35.7 Å². The second-order valence-corrected chi connectivity index (χ2v) is 5.82. The number of phosphoric ester groups is 1. The molecule has 0 fully saturated rings. The molecule has 10 nitrogen and oxygen atoms in total. The number of aliphatic carboxylic acids is 1. The lowest BCUT2D eigenvalue weighted by molar-refractivity contribution is -0.146. The average Bonchev–Trinajstić information content (AvgIpc) is 2.44. The van der Waals surface area contributed by atoms with E-state index in [1.807, 2.05) is 0 Å². The second kappa shape index (κ2) is 8.14. The zero-order chi connectivity index (χ0) is 17.6. The van der Waals surface area contributed by atoms with Crippen molar-refractivity contribution in [3.05, 3.63) is 23.0 Å². The van der Waals surface area contributed by atoms with Crippen LogP contribution in [0.25, 0.3) is 0 Å². The molecule has 0 radical (unpaired) electrons. The molecule has 128 valence electrons. The molecule has 0 spiro atoms. The summed E-state index contributed by atoms with van der Waals surface area (Å²) in [4.78, 5) is 35.5. The van der Waals surface area contributed by atoms with E-state index >= 15 is 0 Å². The van der Waals surface area contributed by atoms with Crippen LogP contribution in [0.3, 0.4) is 0 Å². The van der Waals surface area contributed by atoms with Crippen molar-refractivity contribution >= 4 is 20.0 Å². The minimum absolute atomic E-state index is 0.0165. The fourth-order valence-corrected chi connectivity index (χ4v) is 1.86. The zero-order valence-electron chi connectivity index (χ0n) is 12.2. The third-order valence-corrected chi connectivity index (χ3v) is 3.14. The molecule has 0 saturated heterocycles. The molecule has 0 amide bonds. The summed E-state index contributed by atoms with van der Waals surface area (Å²) in [5.41, 5.74) is 0.617. The summed E-state index contributed by atoms with van der Waals surface area (Å²) in [5.74, 6) is -1.52. The monoisotopic (exact) mass is 348 g/mol. The van der Waals surface area contributed by atoms with Gasteiger partial charge in [-0.25, -0.2) is 9.36 Å². The van der Waals surface area contributed by atoms with Crippen molar-refractivity contribution in [3.63, 3.8) is 0 Å². The van der Waals surface area contributed by atoms with Crippen LogP contribution in [0.1, 0.15) is 23.4 Å². The van der Waals surface area contributed by atoms with Crippen LogP contribution < -0.4 is 0 Å². The van der Waals surface area contributed by atoms with Gasteiger partial charge in [0, 0.05) is 24.7 Å². The summed E-state index contributed by atoms with van der Waals surface area (Å²) < 4.78 is 15.0. The van der Waals surface area contributed by atoms with Crippen LogP contribution in [0.4, 0.5) is 0 Å². The molecule has 0 unspecified atom stereocenters. The highest BCUT2D eigenvalue weighted by Gasteiger charge is 2.16. The molecule has 0 aromatic carbocycles. The smallest absolute Gasteiger partial charge is 0.469 e. The number of aryl methyl sites for hydroxylation is 1. The van der Waals surface area contributed by atoms with Gasteiger partial charge < -0.3 is 25.1 Å². The maximum Gasteiger partial charge on any atom is 0.469 e. The lowest BCUT2D eigenvalue weighted by atomic mass is 10.2. The van der Waals surface area contributed by atoms with E-state index in [1.165, 1.54) is 19.2 Å². The van der Waals surface area contributed by atoms with Crippen LogP contribution in [0.2, 0.25) is 0 Å². The number of rotatable bonds is 8. The van der Waals surface area contributed by atoms with Crippen molar-refractivity contribution < 1.29 is 39.0 Å². The highest BCUT2D eigenvalue weighted by molar-refractivity contribution is 7.46. The number of carboxylic acid groups (broad SMARTS) is 1. The Morgan fingerprint density at radius 3 is 2.74 bits per heavy atom. The summed E-state index contributed by atoms with van der Waals surface area (Å²) in [6, 6.07) is 1.33. The fourth-order valence-electron chi connectivity index (χ4n) is 1.56. The number of carbonyl (C=O) groups is 1. The van der Waals surface area contributed by atoms with Gasteiger partial charge in [0.1, 0.15) is 12.4 Å². The highest BCUT2D eigenvalue weighted by Crippen LogP contribution is 2.37. The van der Waals surface area contributed by atoms with Crippen LogP contribution in [-0.2, 0) is 20.5 Å². The first-order valence-electron chi connectivity index (χ1n) is 6.40. The first-order valence-corrected chi connectivity index (χ1v) is 7.93. The summed E-state index contributed by atoms with van der Waals surface area (Å²) in [5, 5.41) is 27.5. The summed E-state index contributed by atoms with van der Waals surface area (Å²) in [6.45, 7) is 1.05. The van der Waals surface area contributed by atoms with Crippen LogP contribution in [0.5, 0.6) is 5.75 Å². The number of pyridine rings is 1. The Labute approximate surface area is 131 Å². The number of aromatic nitrogens is 1. The molecule has 0 aliphatic carbocycles. The van der Waals surface area contributed by atoms with Crippen molar-refractivity contribution in [2.75, 3.05) is 6.54 Å². The second-order valence-electron chi connectivity index (χ2n) is 4.58. The standard InChI is InChI=1S/C12H17N2O8P/c1-7-11(16)8(5-13-3-2-10(15)12(17)18)4-9(14-7)6-22-23(19,20)21/h4-5,10,15-16H,2-3,6H2,1H3,(H,17,18)(H2,19,20,21)/t10-/m0/s1. The van der Waals surface area contributed by atoms with E-state index in [2.05, 4.69) is 14.5 Å². The number of carboxylic acids is 1. The molecule has 1 atom stereocenters. The number of hydrogen-bond acceptors (Lipinski definition) is 7. The van der Waals surface area contributed by atoms with E-state index < -0.39 is 26.5 Å². The minimum Gasteiger partial charge on any atom is -0.505 e. The van der Waals surface area contributed by atoms with Gasteiger partial charge in [-0.15, -0.1) is 0 Å². The maximum atomic E-state index is 10.7. The van der Waals surface area contributed by atoms with Gasteiger partial charge in [0.15, 0.2) is 6.10 Å². The third kappa shape index (κ3) is 6.85. The SMILES string of the molecule is Cc1nc(COP(=O)(O)O)cc(C=NCC[C@H](O)C(=O)O)c1O. The Bertz CT molecular complexity index is 642. The van der Waals surface area contributed by atoms with Gasteiger partial charge in [-0.05, 0) is 13.0 Å². The molecular weight excluding hydrogens is 331 g/mol. The Morgan fingerprint density at radius 2 is 2.17 bits per heavy atom. The third-order valence-electron chi connectivity index (χ3n) is 2.68. The van der Waals surface area contributed by atoms with Crippen molar-refractivity contribution in [3.8, 4) is 5.75 Å². The van der Waals surface area contributed by atoms with Crippen molar-refractivity contribution in [1.29, 1.82) is 0 Å². The fraction of sp³-hybridized carbons (Fsp3) is 0.417. The van der Waals surface area contributed by atoms with E-state index in [0.717, 1.165) is 0 Å². The predicted molar refractivity (Wildman–Crippen MR) is 78.2 cm³/mol. The molecule has 0 saturated carbocycles. The van der Waals surface area contributed by atoms with Gasteiger partial charge in [-0.1, -0.05) is 0 Å². The van der Waals surface area contributed by atoms with E-state index in [1.54, 1.807) is 0 Å². The molecule has 23 heavy (non-hydrogen) atoms. The van der Waals surface area contributed by atoms with Gasteiger partial charge >= 0.3 is 13.8 Å². The lowest BCUT2D eigenvalue weighted by Gasteiger charge is -2.08. The molecule has 0 bridgehead atoms. The van der Waals surface area contributed by atoms with Gasteiger partial charge in [0.25, 0.3) is 0 Å². The molecule has 5 N–H and O–H groups in total. The van der Waals surface area contributed by atoms with Crippen LogP contribution in [0.15, 0.2) is 11.1 Å². The van der Waals surface area contributed by atoms with Crippen LogP contribution in [-0.4, -0.2) is 54.9 Å². The van der Waals surface area contributed by atoms with Gasteiger partial charge in [0.2, 0.25) is 0 Å². The quantitative estimate of drug-likeness (QED) is 0.319.